The molecule has 0 amide bonds. The van der Waals surface area contributed by atoms with Crippen LogP contribution in [0.1, 0.15) is 11.1 Å². The molecule has 0 spiro atoms. The number of rotatable bonds is 3. The number of anilines is 1. The smallest absolute Gasteiger partial charge is 0.104 e. The van der Waals surface area contributed by atoms with Gasteiger partial charge in [-0.05, 0) is 30.2 Å². The summed E-state index contributed by atoms with van der Waals surface area (Å²) in [6.45, 7) is 2.99. The number of H-pyrrole nitrogens is 1. The number of nitrogens with one attached hydrogen (secondary N) is 2. The Morgan fingerprint density at radius 1 is 1.00 bits per heavy atom. The molecule has 0 bridgehead atoms. The van der Waals surface area contributed by atoms with Crippen molar-refractivity contribution in [1.29, 1.82) is 0 Å². The fourth-order valence-corrected chi connectivity index (χ4v) is 2.17. The predicted molar refractivity (Wildman–Crippen MR) is 76.8 cm³/mol. The van der Waals surface area contributed by atoms with Crippen molar-refractivity contribution in [3.63, 3.8) is 0 Å². The van der Waals surface area contributed by atoms with Gasteiger partial charge >= 0.3 is 0 Å². The van der Waals surface area contributed by atoms with Crippen molar-refractivity contribution in [3.05, 3.63) is 65.7 Å². The summed E-state index contributed by atoms with van der Waals surface area (Å²) in [6, 6.07) is 18.9. The maximum atomic E-state index is 3.44. The molecule has 2 N–H and O–H groups in total. The Balaban J connectivity index is 1.79. The highest BCUT2D eigenvalue weighted by Crippen LogP contribution is 2.19. The van der Waals surface area contributed by atoms with Crippen molar-refractivity contribution < 1.29 is 0 Å². The largest absolute Gasteiger partial charge is 0.368 e. The van der Waals surface area contributed by atoms with Crippen LogP contribution in [-0.4, -0.2) is 4.98 Å². The van der Waals surface area contributed by atoms with Gasteiger partial charge in [0, 0.05) is 17.4 Å². The van der Waals surface area contributed by atoms with E-state index < -0.39 is 0 Å². The highest BCUT2D eigenvalue weighted by Gasteiger charge is 2.00. The van der Waals surface area contributed by atoms with Crippen molar-refractivity contribution in [2.45, 2.75) is 13.5 Å². The van der Waals surface area contributed by atoms with Crippen LogP contribution in [0.25, 0.3) is 10.9 Å². The molecule has 0 aliphatic heterocycles. The molecule has 3 aromatic rings. The van der Waals surface area contributed by atoms with E-state index in [1.54, 1.807) is 0 Å². The minimum atomic E-state index is 0.847. The number of benzene rings is 2. The number of hydrogen-bond donors (Lipinski definition) is 2. The Morgan fingerprint density at radius 2 is 1.78 bits per heavy atom. The molecule has 1 aromatic heterocycles. The number of aromatic amines is 1. The van der Waals surface area contributed by atoms with Crippen LogP contribution in [0.5, 0.6) is 0 Å². The van der Waals surface area contributed by atoms with Crippen LogP contribution in [-0.2, 0) is 6.54 Å². The molecule has 1 heterocycles. The molecule has 3 rings (SSSR count). The van der Waals surface area contributed by atoms with Crippen molar-refractivity contribution in [3.8, 4) is 0 Å². The minimum absolute atomic E-state index is 0.847. The molecule has 0 saturated heterocycles. The highest BCUT2D eigenvalue weighted by molar-refractivity contribution is 5.83. The van der Waals surface area contributed by atoms with E-state index >= 15 is 0 Å². The maximum Gasteiger partial charge on any atom is 0.104 e. The topological polar surface area (TPSA) is 27.8 Å². The number of fused-ring (bicyclic) bond motifs is 1. The highest BCUT2D eigenvalue weighted by atomic mass is 15.0. The van der Waals surface area contributed by atoms with Crippen LogP contribution in [0.2, 0.25) is 0 Å². The lowest BCUT2D eigenvalue weighted by atomic mass is 10.1. The van der Waals surface area contributed by atoms with Crippen LogP contribution < -0.4 is 5.32 Å². The van der Waals surface area contributed by atoms with Crippen LogP contribution in [0, 0.1) is 6.92 Å². The molecule has 0 saturated carbocycles. The molecule has 2 nitrogen and oxygen atoms in total. The van der Waals surface area contributed by atoms with Gasteiger partial charge in [0.1, 0.15) is 5.82 Å². The molecule has 2 aromatic carbocycles. The SMILES string of the molecule is Cc1ccccc1CNc1cc2ccccc2[nH]1. The second-order valence-electron chi connectivity index (χ2n) is 4.55. The second kappa shape index (κ2) is 4.57. The van der Waals surface area contributed by atoms with Crippen molar-refractivity contribution in [2.24, 2.45) is 0 Å². The fraction of sp³-hybridized carbons (Fsp3) is 0.125. The van der Waals surface area contributed by atoms with Gasteiger partial charge in [-0.3, -0.25) is 0 Å². The summed E-state index contributed by atoms with van der Waals surface area (Å²) >= 11 is 0. The molecule has 18 heavy (non-hydrogen) atoms. The summed E-state index contributed by atoms with van der Waals surface area (Å²) in [5.74, 6) is 1.07. The first-order chi connectivity index (χ1) is 8.83. The third-order valence-electron chi connectivity index (χ3n) is 3.26. The van der Waals surface area contributed by atoms with Gasteiger partial charge in [0.2, 0.25) is 0 Å². The van der Waals surface area contributed by atoms with Gasteiger partial charge in [-0.25, -0.2) is 0 Å². The Kier molecular flexibility index (Phi) is 2.77. The summed E-state index contributed by atoms with van der Waals surface area (Å²) in [4.78, 5) is 3.37. The number of hydrogen-bond acceptors (Lipinski definition) is 1. The Hall–Kier alpha value is -2.22. The molecule has 0 unspecified atom stereocenters. The summed E-state index contributed by atoms with van der Waals surface area (Å²) in [5.41, 5.74) is 3.82. The van der Waals surface area contributed by atoms with Gasteiger partial charge in [0.25, 0.3) is 0 Å². The monoisotopic (exact) mass is 236 g/mol. The minimum Gasteiger partial charge on any atom is -0.368 e. The molecule has 0 radical (unpaired) electrons. The Morgan fingerprint density at radius 3 is 2.61 bits per heavy atom. The van der Waals surface area contributed by atoms with Crippen LogP contribution in [0.15, 0.2) is 54.6 Å². The lowest BCUT2D eigenvalue weighted by Gasteiger charge is -2.06. The van der Waals surface area contributed by atoms with E-state index in [0.29, 0.717) is 0 Å². The van der Waals surface area contributed by atoms with E-state index in [1.165, 1.54) is 22.0 Å². The van der Waals surface area contributed by atoms with Crippen LogP contribution in [0.3, 0.4) is 0 Å². The van der Waals surface area contributed by atoms with E-state index in [9.17, 15) is 0 Å². The molecule has 0 aliphatic carbocycles. The number of aromatic nitrogens is 1. The van der Waals surface area contributed by atoms with E-state index in [4.69, 9.17) is 0 Å². The van der Waals surface area contributed by atoms with Gasteiger partial charge in [0.05, 0.1) is 0 Å². The van der Waals surface area contributed by atoms with Crippen LogP contribution >= 0.6 is 0 Å². The third kappa shape index (κ3) is 2.09. The second-order valence-corrected chi connectivity index (χ2v) is 4.55. The summed E-state index contributed by atoms with van der Waals surface area (Å²) in [7, 11) is 0. The average Bonchev–Trinajstić information content (AvgIpc) is 2.80. The zero-order chi connectivity index (χ0) is 12.4. The van der Waals surface area contributed by atoms with Crippen LogP contribution in [0.4, 0.5) is 5.82 Å². The van der Waals surface area contributed by atoms with E-state index in [0.717, 1.165) is 12.4 Å². The summed E-state index contributed by atoms with van der Waals surface area (Å²) in [6.07, 6.45) is 0. The molecule has 90 valence electrons. The first kappa shape index (κ1) is 10.9. The van der Waals surface area contributed by atoms with Gasteiger partial charge in [-0.1, -0.05) is 42.5 Å². The number of aryl methyl sites for hydroxylation is 1. The van der Waals surface area contributed by atoms with Gasteiger partial charge in [-0.2, -0.15) is 0 Å². The first-order valence-corrected chi connectivity index (χ1v) is 6.19. The summed E-state index contributed by atoms with van der Waals surface area (Å²) < 4.78 is 0. The lowest BCUT2D eigenvalue weighted by molar-refractivity contribution is 1.10. The third-order valence-corrected chi connectivity index (χ3v) is 3.26. The van der Waals surface area contributed by atoms with E-state index in [2.05, 4.69) is 65.8 Å². The standard InChI is InChI=1S/C16H16N2/c1-12-6-2-3-8-14(12)11-17-16-10-13-7-4-5-9-15(13)18-16/h2-10,17-18H,11H2,1H3. The Labute approximate surface area is 107 Å². The fourth-order valence-electron chi connectivity index (χ4n) is 2.17. The van der Waals surface area contributed by atoms with E-state index in [1.807, 2.05) is 6.07 Å². The summed E-state index contributed by atoms with van der Waals surface area (Å²) in [5, 5.41) is 4.68. The van der Waals surface area contributed by atoms with Crippen molar-refractivity contribution in [1.82, 2.24) is 4.98 Å². The molecule has 0 fully saturated rings. The molecular formula is C16H16N2. The molecule has 0 aliphatic rings. The van der Waals surface area contributed by atoms with Gasteiger partial charge in [-0.15, -0.1) is 0 Å². The van der Waals surface area contributed by atoms with Crippen molar-refractivity contribution >= 4 is 16.7 Å². The predicted octanol–water partition coefficient (Wildman–Crippen LogP) is 4.09. The quantitative estimate of drug-likeness (QED) is 0.704. The van der Waals surface area contributed by atoms with Gasteiger partial charge < -0.3 is 10.3 Å². The Bertz CT molecular complexity index is 634. The number of para-hydroxylation sites is 1. The molecule has 0 atom stereocenters. The average molecular weight is 236 g/mol. The van der Waals surface area contributed by atoms with Gasteiger partial charge in [0.15, 0.2) is 0 Å². The van der Waals surface area contributed by atoms with Crippen molar-refractivity contribution in [2.75, 3.05) is 5.32 Å². The zero-order valence-electron chi connectivity index (χ0n) is 10.4. The zero-order valence-corrected chi connectivity index (χ0v) is 10.4. The maximum absolute atomic E-state index is 3.44. The lowest BCUT2D eigenvalue weighted by Crippen LogP contribution is -2.00. The normalized spacial score (nSPS) is 10.7. The molecular weight excluding hydrogens is 220 g/mol. The molecule has 2 heteroatoms. The first-order valence-electron chi connectivity index (χ1n) is 6.19. The van der Waals surface area contributed by atoms with E-state index in [-0.39, 0.29) is 0 Å².